The second-order valence-electron chi connectivity index (χ2n) is 12.9. The van der Waals surface area contributed by atoms with Crippen LogP contribution in [0, 0.1) is 21.7 Å². The van der Waals surface area contributed by atoms with Crippen LogP contribution in [0.1, 0.15) is 93.9 Å². The molecule has 0 saturated heterocycles. The Balaban J connectivity index is 2.16. The molecule has 2 heterocycles. The molecule has 0 aromatic rings. The Hall–Kier alpha value is -2.06. The summed E-state index contributed by atoms with van der Waals surface area (Å²) >= 11 is 0. The van der Waals surface area contributed by atoms with E-state index in [9.17, 15) is 28.2 Å². The number of carbonyl (C=O) groups is 2. The van der Waals surface area contributed by atoms with Crippen molar-refractivity contribution in [3.63, 3.8) is 0 Å². The van der Waals surface area contributed by atoms with Crippen molar-refractivity contribution in [2.75, 3.05) is 0 Å². The Labute approximate surface area is 233 Å². The molecule has 2 rings (SSSR count). The number of rotatable bonds is 12. The second kappa shape index (κ2) is 12.0. The van der Waals surface area contributed by atoms with Gasteiger partial charge in [0.25, 0.3) is 0 Å². The van der Waals surface area contributed by atoms with Crippen molar-refractivity contribution in [2.24, 2.45) is 21.7 Å². The minimum atomic E-state index is -1.37. The van der Waals surface area contributed by atoms with Crippen LogP contribution in [0.3, 0.4) is 0 Å². The lowest BCUT2D eigenvalue weighted by molar-refractivity contribution is -0.148. The Bertz CT molecular complexity index is 1070. The van der Waals surface area contributed by atoms with E-state index in [0.717, 1.165) is 9.81 Å². The maximum absolute atomic E-state index is 13.4. The largest absolute Gasteiger partial charge is 0.481 e. The van der Waals surface area contributed by atoms with Gasteiger partial charge in [0.1, 0.15) is 0 Å². The van der Waals surface area contributed by atoms with Crippen molar-refractivity contribution in [2.45, 2.75) is 93.9 Å². The van der Waals surface area contributed by atoms with Crippen molar-refractivity contribution < 1.29 is 28.2 Å². The summed E-state index contributed by atoms with van der Waals surface area (Å²) in [4.78, 5) is 25.8. The molecule has 0 saturated carbocycles. The molecular formula is C30H44O6S2. The molecule has 0 bridgehead atoms. The van der Waals surface area contributed by atoms with Gasteiger partial charge in [-0.3, -0.25) is 9.59 Å². The van der Waals surface area contributed by atoms with Gasteiger partial charge in [0.2, 0.25) is 0 Å². The quantitative estimate of drug-likeness (QED) is 0.259. The molecule has 0 aliphatic carbocycles. The lowest BCUT2D eigenvalue weighted by atomic mass is 9.86. The summed E-state index contributed by atoms with van der Waals surface area (Å²) in [6, 6.07) is 0. The third-order valence-electron chi connectivity index (χ3n) is 7.02. The zero-order valence-corrected chi connectivity index (χ0v) is 25.7. The number of hydrogen-bond acceptors (Lipinski definition) is 4. The van der Waals surface area contributed by atoms with Crippen LogP contribution < -0.4 is 0 Å². The standard InChI is InChI=1S/C30H44O6S2/c1-27(2)17-21(11-9-15-29(5,6)25(31)32)37(35)23(19-27)13-14-24-20-28(3,4)18-22(38(24)36)12-10-16-30(7,8)26(33)34/h13-14,17-20H,9-12,15-16H2,1-8H3,(H,31,32)(H,33,34)/b14-13-. The van der Waals surface area contributed by atoms with Crippen molar-refractivity contribution in [3.8, 4) is 0 Å². The fourth-order valence-corrected chi connectivity index (χ4v) is 7.79. The molecule has 8 heteroatoms. The molecule has 2 unspecified atom stereocenters. The van der Waals surface area contributed by atoms with E-state index < -0.39 is 44.4 Å². The third-order valence-corrected chi connectivity index (χ3v) is 9.98. The smallest absolute Gasteiger partial charge is 0.309 e. The van der Waals surface area contributed by atoms with Crippen molar-refractivity contribution in [3.05, 3.63) is 56.1 Å². The van der Waals surface area contributed by atoms with E-state index in [1.807, 2.05) is 52.0 Å². The Kier molecular flexibility index (Phi) is 10.1. The summed E-state index contributed by atoms with van der Waals surface area (Å²) in [6.07, 6.45) is 14.9. The predicted molar refractivity (Wildman–Crippen MR) is 156 cm³/mol. The molecule has 38 heavy (non-hydrogen) atoms. The minimum Gasteiger partial charge on any atom is -0.481 e. The van der Waals surface area contributed by atoms with Gasteiger partial charge in [0.15, 0.2) is 0 Å². The van der Waals surface area contributed by atoms with E-state index in [2.05, 4.69) is 0 Å². The molecule has 0 aromatic heterocycles. The molecular weight excluding hydrogens is 520 g/mol. The zero-order valence-electron chi connectivity index (χ0n) is 24.1. The fraction of sp³-hybridized carbons (Fsp3) is 0.600. The van der Waals surface area contributed by atoms with E-state index in [1.165, 1.54) is 0 Å². The highest BCUT2D eigenvalue weighted by atomic mass is 32.2. The topological polar surface area (TPSA) is 109 Å². The first-order chi connectivity index (χ1) is 17.3. The molecule has 6 nitrogen and oxygen atoms in total. The molecule has 2 N–H and O–H groups in total. The zero-order chi connectivity index (χ0) is 29.1. The molecule has 212 valence electrons. The average Bonchev–Trinajstić information content (AvgIpc) is 2.76. The van der Waals surface area contributed by atoms with Crippen LogP contribution in [-0.2, 0) is 31.2 Å². The predicted octanol–water partition coefficient (Wildman–Crippen LogP) is 7.22. The summed E-state index contributed by atoms with van der Waals surface area (Å²) in [5.41, 5.74) is -2.29. The lowest BCUT2D eigenvalue weighted by Gasteiger charge is -2.27. The molecule has 0 spiro atoms. The van der Waals surface area contributed by atoms with E-state index in [-0.39, 0.29) is 10.8 Å². The number of hydrogen-bond donors (Lipinski definition) is 2. The van der Waals surface area contributed by atoms with Gasteiger partial charge in [0, 0.05) is 30.5 Å². The first kappa shape index (κ1) is 32.2. The number of aliphatic carboxylic acids is 2. The van der Waals surface area contributed by atoms with Gasteiger partial charge in [0.05, 0.1) is 32.4 Å². The SMILES string of the molecule is CC1(C)C=C(/C=C\C2=CC(C)(C)C=C(CCCC(C)(C)C(=O)O)S2=O)S(=O)C(CCCC(C)(C)C(=O)O)=C1. The van der Waals surface area contributed by atoms with Crippen molar-refractivity contribution in [1.29, 1.82) is 0 Å². The minimum absolute atomic E-state index is 0.313. The first-order valence-corrected chi connectivity index (χ1v) is 15.4. The van der Waals surface area contributed by atoms with Gasteiger partial charge < -0.3 is 10.2 Å². The maximum atomic E-state index is 13.4. The van der Waals surface area contributed by atoms with E-state index in [0.29, 0.717) is 48.3 Å². The Morgan fingerprint density at radius 1 is 0.711 bits per heavy atom. The summed E-state index contributed by atoms with van der Waals surface area (Å²) in [5, 5.41) is 18.8. The van der Waals surface area contributed by atoms with Crippen molar-refractivity contribution >= 4 is 33.5 Å². The van der Waals surface area contributed by atoms with Gasteiger partial charge in [-0.05, 0) is 78.4 Å². The summed E-state index contributed by atoms with van der Waals surface area (Å²) < 4.78 is 26.8. The van der Waals surface area contributed by atoms with Gasteiger partial charge in [-0.1, -0.05) is 52.0 Å². The summed E-state index contributed by atoms with van der Waals surface area (Å²) in [6.45, 7) is 15.0. The molecule has 0 amide bonds. The normalized spacial score (nSPS) is 23.4. The van der Waals surface area contributed by atoms with E-state index in [1.54, 1.807) is 39.8 Å². The van der Waals surface area contributed by atoms with Crippen LogP contribution in [-0.4, -0.2) is 30.6 Å². The maximum Gasteiger partial charge on any atom is 0.309 e. The van der Waals surface area contributed by atoms with Gasteiger partial charge in [-0.25, -0.2) is 8.42 Å². The van der Waals surface area contributed by atoms with Crippen LogP contribution in [0.5, 0.6) is 0 Å². The first-order valence-electron chi connectivity index (χ1n) is 13.1. The van der Waals surface area contributed by atoms with E-state index in [4.69, 9.17) is 0 Å². The van der Waals surface area contributed by atoms with Gasteiger partial charge in [-0.15, -0.1) is 0 Å². The molecule has 2 aliphatic heterocycles. The average molecular weight is 565 g/mol. The monoisotopic (exact) mass is 564 g/mol. The highest BCUT2D eigenvalue weighted by Crippen LogP contribution is 2.38. The Morgan fingerprint density at radius 2 is 1.03 bits per heavy atom. The van der Waals surface area contributed by atoms with Crippen LogP contribution in [0.4, 0.5) is 0 Å². The Morgan fingerprint density at radius 3 is 1.32 bits per heavy atom. The number of allylic oxidation sites excluding steroid dienone is 8. The van der Waals surface area contributed by atoms with Gasteiger partial charge in [-0.2, -0.15) is 0 Å². The summed E-state index contributed by atoms with van der Waals surface area (Å²) in [7, 11) is -2.75. The summed E-state index contributed by atoms with van der Waals surface area (Å²) in [5.74, 6) is -1.67. The highest BCUT2D eigenvalue weighted by molar-refractivity contribution is 7.93. The van der Waals surface area contributed by atoms with Crippen LogP contribution in [0.2, 0.25) is 0 Å². The highest BCUT2D eigenvalue weighted by Gasteiger charge is 2.30. The number of carboxylic acid groups (broad SMARTS) is 2. The molecule has 2 atom stereocenters. The van der Waals surface area contributed by atoms with Crippen molar-refractivity contribution in [1.82, 2.24) is 0 Å². The van der Waals surface area contributed by atoms with Crippen LogP contribution in [0.25, 0.3) is 0 Å². The van der Waals surface area contributed by atoms with Crippen LogP contribution in [0.15, 0.2) is 56.1 Å². The third kappa shape index (κ3) is 8.73. The number of carboxylic acids is 2. The lowest BCUT2D eigenvalue weighted by Crippen LogP contribution is -2.23. The molecule has 2 aliphatic rings. The molecule has 0 aromatic carbocycles. The van der Waals surface area contributed by atoms with Gasteiger partial charge >= 0.3 is 11.9 Å². The molecule has 0 fully saturated rings. The molecule has 0 radical (unpaired) electrons. The second-order valence-corrected chi connectivity index (χ2v) is 16.0. The van der Waals surface area contributed by atoms with E-state index >= 15 is 0 Å². The van der Waals surface area contributed by atoms with Crippen LogP contribution >= 0.6 is 0 Å². The fourth-order valence-electron chi connectivity index (χ4n) is 4.50.